The van der Waals surface area contributed by atoms with Gasteiger partial charge in [-0.25, -0.2) is 19.3 Å². The van der Waals surface area contributed by atoms with E-state index < -0.39 is 11.6 Å². The molecule has 3 aromatic carbocycles. The molecule has 10 heteroatoms. The maximum absolute atomic E-state index is 16.3. The topological polar surface area (TPSA) is 94.4 Å². The number of nitrogens with one attached hydrogen (secondary N) is 1. The Balaban J connectivity index is 1.15. The van der Waals surface area contributed by atoms with Gasteiger partial charge < -0.3 is 24.3 Å². The highest BCUT2D eigenvalue weighted by atomic mass is 19.1. The van der Waals surface area contributed by atoms with Gasteiger partial charge in [-0.05, 0) is 67.8 Å². The van der Waals surface area contributed by atoms with Gasteiger partial charge in [0.15, 0.2) is 0 Å². The zero-order valence-electron chi connectivity index (χ0n) is 24.0. The second kappa shape index (κ2) is 10.4. The van der Waals surface area contributed by atoms with Crippen LogP contribution in [0.5, 0.6) is 17.2 Å². The molecular weight excluding hydrogens is 547 g/mol. The number of ether oxygens (including phenoxy) is 2. The second-order valence-corrected chi connectivity index (χ2v) is 11.4. The van der Waals surface area contributed by atoms with Crippen molar-refractivity contribution in [3.8, 4) is 17.2 Å². The molecule has 0 aliphatic carbocycles. The minimum Gasteiger partial charge on any atom is -0.492 e. The number of carbonyl (C=O) groups excluding carboxylic acids is 1. The van der Waals surface area contributed by atoms with Crippen molar-refractivity contribution >= 4 is 39.3 Å². The molecule has 43 heavy (non-hydrogen) atoms. The molecular formula is C33H31FN6O3. The fraction of sp³-hybridized carbons (Fsp3) is 0.273. The van der Waals surface area contributed by atoms with Crippen molar-refractivity contribution in [2.75, 3.05) is 25.0 Å². The van der Waals surface area contributed by atoms with E-state index in [-0.39, 0.29) is 12.5 Å². The van der Waals surface area contributed by atoms with Crippen LogP contribution in [-0.2, 0) is 11.8 Å². The summed E-state index contributed by atoms with van der Waals surface area (Å²) in [5, 5.41) is 4.03. The fourth-order valence-electron chi connectivity index (χ4n) is 6.19. The first kappa shape index (κ1) is 26.9. The van der Waals surface area contributed by atoms with Crippen molar-refractivity contribution in [1.29, 1.82) is 0 Å². The van der Waals surface area contributed by atoms with Crippen LogP contribution in [0.25, 0.3) is 21.9 Å². The zero-order chi connectivity index (χ0) is 29.7. The zero-order valence-corrected chi connectivity index (χ0v) is 24.0. The summed E-state index contributed by atoms with van der Waals surface area (Å²) in [6, 6.07) is 15.2. The lowest BCUT2D eigenvalue weighted by Gasteiger charge is -2.46. The van der Waals surface area contributed by atoms with Crippen molar-refractivity contribution in [3.63, 3.8) is 0 Å². The van der Waals surface area contributed by atoms with Crippen molar-refractivity contribution in [2.45, 2.75) is 25.9 Å². The third-order valence-corrected chi connectivity index (χ3v) is 8.71. The lowest BCUT2D eigenvalue weighted by Crippen LogP contribution is -2.48. The molecule has 2 aliphatic rings. The lowest BCUT2D eigenvalue weighted by molar-refractivity contribution is -0.130. The first-order valence-corrected chi connectivity index (χ1v) is 14.3. The Morgan fingerprint density at radius 3 is 2.74 bits per heavy atom. The standard InChI is InChI=1S/C33H31FN6O3/c1-4-28(41)40-13-11-33(12-14-40)17-42-30-23(31(33)34)7-8-24-29(30)32(36-18-35-24)38-21-5-10-27(20(2)15-21)43-22-6-9-26-25(16-22)37-19-39(26)3/h4-10,15-16,18-19,31H,1,11-14,17H2,2-3H3,(H,35,36,38). The van der Waals surface area contributed by atoms with Gasteiger partial charge in [0.05, 0.1) is 34.9 Å². The monoisotopic (exact) mass is 578 g/mol. The molecule has 1 N–H and O–H groups in total. The molecule has 1 spiro atoms. The molecule has 218 valence electrons. The van der Waals surface area contributed by atoms with E-state index in [1.54, 1.807) is 17.3 Å². The maximum atomic E-state index is 16.3. The highest BCUT2D eigenvalue weighted by molar-refractivity contribution is 5.97. The first-order valence-electron chi connectivity index (χ1n) is 14.3. The molecule has 2 aromatic heterocycles. The summed E-state index contributed by atoms with van der Waals surface area (Å²) in [6.45, 7) is 6.72. The Kier molecular flexibility index (Phi) is 6.49. The molecule has 5 aromatic rings. The summed E-state index contributed by atoms with van der Waals surface area (Å²) >= 11 is 0. The summed E-state index contributed by atoms with van der Waals surface area (Å²) in [6.07, 6.45) is 4.37. The smallest absolute Gasteiger partial charge is 0.245 e. The summed E-state index contributed by atoms with van der Waals surface area (Å²) < 4.78 is 30.8. The van der Waals surface area contributed by atoms with Crippen molar-refractivity contribution in [1.82, 2.24) is 24.4 Å². The van der Waals surface area contributed by atoms with Gasteiger partial charge >= 0.3 is 0 Å². The van der Waals surface area contributed by atoms with Crippen LogP contribution in [0, 0.1) is 12.3 Å². The highest BCUT2D eigenvalue weighted by Gasteiger charge is 2.48. The van der Waals surface area contributed by atoms with Gasteiger partial charge in [0, 0.05) is 42.9 Å². The van der Waals surface area contributed by atoms with Crippen LogP contribution in [-0.4, -0.2) is 50.0 Å². The number of hydrogen-bond donors (Lipinski definition) is 1. The average Bonchev–Trinajstić information content (AvgIpc) is 3.40. The van der Waals surface area contributed by atoms with Gasteiger partial charge in [0.1, 0.15) is 35.6 Å². The second-order valence-electron chi connectivity index (χ2n) is 11.4. The number of likely N-dealkylation sites (tertiary alicyclic amines) is 1. The van der Waals surface area contributed by atoms with Gasteiger partial charge in [-0.15, -0.1) is 0 Å². The van der Waals surface area contributed by atoms with Crippen molar-refractivity contribution in [2.24, 2.45) is 12.5 Å². The van der Waals surface area contributed by atoms with E-state index in [4.69, 9.17) is 9.47 Å². The Morgan fingerprint density at radius 1 is 1.12 bits per heavy atom. The minimum absolute atomic E-state index is 0.123. The number of alkyl halides is 1. The van der Waals surface area contributed by atoms with E-state index >= 15 is 4.39 Å². The Hall–Kier alpha value is -4.99. The number of amides is 1. The van der Waals surface area contributed by atoms with E-state index in [0.717, 1.165) is 28.0 Å². The van der Waals surface area contributed by atoms with Gasteiger partial charge in [0.25, 0.3) is 0 Å². The maximum Gasteiger partial charge on any atom is 0.245 e. The number of fused-ring (bicyclic) bond motifs is 4. The predicted octanol–water partition coefficient (Wildman–Crippen LogP) is 6.56. The number of anilines is 2. The third-order valence-electron chi connectivity index (χ3n) is 8.71. The van der Waals surface area contributed by atoms with E-state index in [2.05, 4.69) is 26.8 Å². The van der Waals surface area contributed by atoms with Crippen LogP contribution in [0.1, 0.15) is 30.1 Å². The lowest BCUT2D eigenvalue weighted by atomic mass is 9.71. The molecule has 1 unspecified atom stereocenters. The normalized spacial score (nSPS) is 17.5. The van der Waals surface area contributed by atoms with Crippen LogP contribution < -0.4 is 14.8 Å². The third kappa shape index (κ3) is 4.63. The number of benzene rings is 3. The molecule has 1 amide bonds. The van der Waals surface area contributed by atoms with E-state index in [1.165, 1.54) is 12.4 Å². The van der Waals surface area contributed by atoms with Crippen LogP contribution in [0.15, 0.2) is 73.8 Å². The minimum atomic E-state index is -1.24. The number of piperidine rings is 1. The summed E-state index contributed by atoms with van der Waals surface area (Å²) in [5.41, 5.74) is 4.09. The molecule has 7 rings (SSSR count). The molecule has 1 fully saturated rings. The van der Waals surface area contributed by atoms with Gasteiger partial charge in [-0.2, -0.15) is 0 Å². The summed E-state index contributed by atoms with van der Waals surface area (Å²) in [4.78, 5) is 27.1. The number of carbonyl (C=O) groups is 1. The largest absolute Gasteiger partial charge is 0.492 e. The summed E-state index contributed by atoms with van der Waals surface area (Å²) in [5.74, 6) is 2.30. The van der Waals surface area contributed by atoms with Crippen LogP contribution in [0.4, 0.5) is 15.9 Å². The van der Waals surface area contributed by atoms with Gasteiger partial charge in [-0.1, -0.05) is 12.6 Å². The molecule has 0 bridgehead atoms. The number of rotatable bonds is 5. The number of hydrogen-bond acceptors (Lipinski definition) is 7. The van der Waals surface area contributed by atoms with Crippen molar-refractivity contribution < 1.29 is 18.7 Å². The predicted molar refractivity (Wildman–Crippen MR) is 163 cm³/mol. The highest BCUT2D eigenvalue weighted by Crippen LogP contribution is 2.53. The summed E-state index contributed by atoms with van der Waals surface area (Å²) in [7, 11) is 1.96. The molecule has 2 aliphatic heterocycles. The number of halogens is 1. The Labute approximate surface area is 248 Å². The Bertz CT molecular complexity index is 1900. The molecule has 9 nitrogen and oxygen atoms in total. The van der Waals surface area contributed by atoms with Crippen LogP contribution >= 0.6 is 0 Å². The van der Waals surface area contributed by atoms with Gasteiger partial charge in [-0.3, -0.25) is 4.79 Å². The number of aromatic nitrogens is 4. The SMILES string of the molecule is C=CC(=O)N1CCC2(CC1)COc1c(ccc3ncnc(Nc4ccc(Oc5ccc6c(c5)ncn6C)c(C)c4)c13)C2F. The first-order chi connectivity index (χ1) is 20.8. The Morgan fingerprint density at radius 2 is 1.95 bits per heavy atom. The molecule has 1 atom stereocenters. The van der Waals surface area contributed by atoms with Crippen LogP contribution in [0.2, 0.25) is 0 Å². The van der Waals surface area contributed by atoms with Crippen molar-refractivity contribution in [3.05, 3.63) is 85.0 Å². The fourth-order valence-corrected chi connectivity index (χ4v) is 6.19. The van der Waals surface area contributed by atoms with Gasteiger partial charge in [0.2, 0.25) is 5.91 Å². The average molecular weight is 579 g/mol. The quantitative estimate of drug-likeness (QED) is 0.236. The number of aryl methyl sites for hydroxylation is 2. The van der Waals surface area contributed by atoms with E-state index in [0.29, 0.717) is 59.7 Å². The molecule has 0 saturated carbocycles. The molecule has 4 heterocycles. The van der Waals surface area contributed by atoms with Crippen LogP contribution in [0.3, 0.4) is 0 Å². The van der Waals surface area contributed by atoms with E-state index in [1.807, 2.05) is 61.0 Å². The number of nitrogens with zero attached hydrogens (tertiary/aromatic N) is 5. The molecule has 0 radical (unpaired) electrons. The molecule has 1 saturated heterocycles. The van der Waals surface area contributed by atoms with E-state index in [9.17, 15) is 4.79 Å². The number of imidazole rings is 1.